The maximum atomic E-state index is 10.7. The Morgan fingerprint density at radius 3 is 2.73 bits per heavy atom. The minimum atomic E-state index is -0.410. The van der Waals surface area contributed by atoms with Crippen molar-refractivity contribution in [3.05, 3.63) is 24.3 Å². The van der Waals surface area contributed by atoms with Gasteiger partial charge in [0.15, 0.2) is 0 Å². The van der Waals surface area contributed by atoms with E-state index in [1.165, 1.54) is 6.08 Å². The first kappa shape index (κ1) is 9.91. The zero-order valence-corrected chi connectivity index (χ0v) is 6.54. The highest BCUT2D eigenvalue weighted by Crippen LogP contribution is 1.91. The molecule has 0 saturated heterocycles. The summed E-state index contributed by atoms with van der Waals surface area (Å²) in [5, 5.41) is 8.30. The number of aliphatic hydroxyl groups excluding tert-OH is 1. The molecule has 0 aromatic rings. The summed E-state index contributed by atoms with van der Waals surface area (Å²) in [5.74, 6) is -0.410. The molecule has 0 aromatic heterocycles. The molecule has 0 aliphatic heterocycles. The Kier molecular flexibility index (Phi) is 5.11. The van der Waals surface area contributed by atoms with Crippen LogP contribution in [0.1, 0.15) is 6.92 Å². The number of ether oxygens (including phenoxy) is 1. The summed E-state index contributed by atoms with van der Waals surface area (Å²) in [4.78, 5) is 10.7. The van der Waals surface area contributed by atoms with Crippen LogP contribution < -0.4 is 0 Å². The van der Waals surface area contributed by atoms with E-state index in [0.29, 0.717) is 5.57 Å². The third kappa shape index (κ3) is 5.36. The highest BCUT2D eigenvalue weighted by atomic mass is 16.5. The number of aliphatic hydroxyl groups is 1. The molecular weight excluding hydrogens is 144 g/mol. The third-order valence-electron chi connectivity index (χ3n) is 0.931. The van der Waals surface area contributed by atoms with Gasteiger partial charge in [0.25, 0.3) is 0 Å². The number of hydrogen-bond acceptors (Lipinski definition) is 3. The van der Waals surface area contributed by atoms with E-state index in [9.17, 15) is 4.79 Å². The quantitative estimate of drug-likeness (QED) is 0.369. The second-order valence-electron chi connectivity index (χ2n) is 2.03. The van der Waals surface area contributed by atoms with Gasteiger partial charge in [-0.25, -0.2) is 4.79 Å². The van der Waals surface area contributed by atoms with Crippen molar-refractivity contribution in [2.75, 3.05) is 13.2 Å². The molecular formula is C8H12O3. The number of esters is 1. The Bertz CT molecular complexity index is 170. The third-order valence-corrected chi connectivity index (χ3v) is 0.931. The van der Waals surface area contributed by atoms with Gasteiger partial charge in [0, 0.05) is 5.57 Å². The number of carbonyl (C=O) groups excluding carboxylic acids is 1. The van der Waals surface area contributed by atoms with E-state index >= 15 is 0 Å². The summed E-state index contributed by atoms with van der Waals surface area (Å²) in [6.45, 7) is 5.14. The average molecular weight is 156 g/mol. The molecule has 0 fully saturated rings. The van der Waals surface area contributed by atoms with Gasteiger partial charge in [0.05, 0.1) is 6.61 Å². The minimum Gasteiger partial charge on any atom is -0.458 e. The Labute approximate surface area is 66.0 Å². The van der Waals surface area contributed by atoms with Crippen molar-refractivity contribution in [2.45, 2.75) is 6.92 Å². The average Bonchev–Trinajstić information content (AvgIpc) is 1.97. The van der Waals surface area contributed by atoms with Gasteiger partial charge < -0.3 is 9.84 Å². The van der Waals surface area contributed by atoms with Crippen LogP contribution in [0.4, 0.5) is 0 Å². The smallest absolute Gasteiger partial charge is 0.333 e. The van der Waals surface area contributed by atoms with Crippen LogP contribution in [0.3, 0.4) is 0 Å². The number of carbonyl (C=O) groups is 1. The largest absolute Gasteiger partial charge is 0.458 e. The van der Waals surface area contributed by atoms with Gasteiger partial charge in [0.1, 0.15) is 6.61 Å². The molecule has 0 aliphatic carbocycles. The van der Waals surface area contributed by atoms with Gasteiger partial charge in [-0.15, -0.1) is 0 Å². The Morgan fingerprint density at radius 1 is 1.64 bits per heavy atom. The molecule has 0 heterocycles. The van der Waals surface area contributed by atoms with Crippen molar-refractivity contribution < 1.29 is 14.6 Å². The highest BCUT2D eigenvalue weighted by molar-refractivity contribution is 5.86. The van der Waals surface area contributed by atoms with Crippen LogP contribution in [-0.4, -0.2) is 24.3 Å². The van der Waals surface area contributed by atoms with Crippen molar-refractivity contribution >= 4 is 5.97 Å². The predicted molar refractivity (Wildman–Crippen MR) is 42.0 cm³/mol. The standard InChI is InChI=1S/C8H12O3/c1-7(2)8(10)11-6-4-3-5-9/h3-4,9H,1,5-6H2,2H3. The number of rotatable bonds is 4. The fourth-order valence-electron chi connectivity index (χ4n) is 0.390. The Balaban J connectivity index is 3.47. The molecule has 62 valence electrons. The second-order valence-corrected chi connectivity index (χ2v) is 2.03. The molecule has 0 aliphatic rings. The molecule has 0 saturated carbocycles. The van der Waals surface area contributed by atoms with Crippen LogP contribution in [0.25, 0.3) is 0 Å². The molecule has 0 unspecified atom stereocenters. The van der Waals surface area contributed by atoms with Crippen molar-refractivity contribution in [2.24, 2.45) is 0 Å². The summed E-state index contributed by atoms with van der Waals surface area (Å²) in [5.41, 5.74) is 0.377. The van der Waals surface area contributed by atoms with E-state index in [4.69, 9.17) is 5.11 Å². The molecule has 0 bridgehead atoms. The van der Waals surface area contributed by atoms with Gasteiger partial charge in [-0.1, -0.05) is 12.7 Å². The van der Waals surface area contributed by atoms with Crippen LogP contribution in [0.15, 0.2) is 24.3 Å². The van der Waals surface area contributed by atoms with Crippen LogP contribution in [0, 0.1) is 0 Å². The molecule has 3 nitrogen and oxygen atoms in total. The SMILES string of the molecule is C=C(C)C(=O)OCC=CCO. The molecule has 0 radical (unpaired) electrons. The second kappa shape index (κ2) is 5.68. The first-order valence-electron chi connectivity index (χ1n) is 3.27. The van der Waals surface area contributed by atoms with E-state index in [2.05, 4.69) is 11.3 Å². The van der Waals surface area contributed by atoms with E-state index in [1.807, 2.05) is 0 Å². The van der Waals surface area contributed by atoms with Crippen LogP contribution in [0.5, 0.6) is 0 Å². The van der Waals surface area contributed by atoms with E-state index in [1.54, 1.807) is 13.0 Å². The minimum absolute atomic E-state index is 0.0371. The van der Waals surface area contributed by atoms with Crippen molar-refractivity contribution in [3.63, 3.8) is 0 Å². The van der Waals surface area contributed by atoms with Crippen LogP contribution in [-0.2, 0) is 9.53 Å². The fourth-order valence-corrected chi connectivity index (χ4v) is 0.390. The van der Waals surface area contributed by atoms with E-state index in [0.717, 1.165) is 0 Å². The zero-order chi connectivity index (χ0) is 8.69. The zero-order valence-electron chi connectivity index (χ0n) is 6.54. The lowest BCUT2D eigenvalue weighted by Gasteiger charge is -1.98. The Morgan fingerprint density at radius 2 is 2.27 bits per heavy atom. The van der Waals surface area contributed by atoms with E-state index < -0.39 is 5.97 Å². The lowest BCUT2D eigenvalue weighted by atomic mass is 10.4. The normalized spacial score (nSPS) is 10.0. The molecule has 1 N–H and O–H groups in total. The molecule has 3 heteroatoms. The molecule has 0 aromatic carbocycles. The van der Waals surface area contributed by atoms with Gasteiger partial charge in [-0.3, -0.25) is 0 Å². The molecule has 0 spiro atoms. The summed E-state index contributed by atoms with van der Waals surface area (Å²) in [7, 11) is 0. The van der Waals surface area contributed by atoms with Gasteiger partial charge in [-0.05, 0) is 13.0 Å². The van der Waals surface area contributed by atoms with Gasteiger partial charge in [-0.2, -0.15) is 0 Å². The fraction of sp³-hybridized carbons (Fsp3) is 0.375. The Hall–Kier alpha value is -1.09. The summed E-state index contributed by atoms with van der Waals surface area (Å²) in [6, 6.07) is 0. The van der Waals surface area contributed by atoms with Gasteiger partial charge in [0.2, 0.25) is 0 Å². The lowest BCUT2D eigenvalue weighted by Crippen LogP contribution is -2.04. The van der Waals surface area contributed by atoms with Crippen LogP contribution in [0.2, 0.25) is 0 Å². The lowest BCUT2D eigenvalue weighted by molar-refractivity contribution is -0.137. The topological polar surface area (TPSA) is 46.5 Å². The number of hydrogen-bond donors (Lipinski definition) is 1. The van der Waals surface area contributed by atoms with Gasteiger partial charge >= 0.3 is 5.97 Å². The van der Waals surface area contributed by atoms with E-state index in [-0.39, 0.29) is 13.2 Å². The molecule has 0 rings (SSSR count). The maximum absolute atomic E-state index is 10.7. The molecule has 11 heavy (non-hydrogen) atoms. The first-order valence-corrected chi connectivity index (χ1v) is 3.27. The summed E-state index contributed by atoms with van der Waals surface area (Å²) < 4.78 is 4.67. The van der Waals surface area contributed by atoms with Crippen molar-refractivity contribution in [1.82, 2.24) is 0 Å². The molecule has 0 atom stereocenters. The van der Waals surface area contributed by atoms with Crippen molar-refractivity contribution in [1.29, 1.82) is 0 Å². The van der Waals surface area contributed by atoms with Crippen molar-refractivity contribution in [3.8, 4) is 0 Å². The summed E-state index contributed by atoms with van der Waals surface area (Å²) in [6.07, 6.45) is 3.08. The predicted octanol–water partition coefficient (Wildman–Crippen LogP) is 0.654. The maximum Gasteiger partial charge on any atom is 0.333 e. The highest BCUT2D eigenvalue weighted by Gasteiger charge is 1.99. The first-order chi connectivity index (χ1) is 5.18. The monoisotopic (exact) mass is 156 g/mol. The molecule has 0 amide bonds. The van der Waals surface area contributed by atoms with Crippen LogP contribution >= 0.6 is 0 Å². The summed E-state index contributed by atoms with van der Waals surface area (Å²) >= 11 is 0.